The zero-order chi connectivity index (χ0) is 18.1. The van der Waals surface area contributed by atoms with Crippen LogP contribution in [0.2, 0.25) is 0 Å². The molecule has 0 aliphatic carbocycles. The maximum Gasteiger partial charge on any atom is 0.343 e. The van der Waals surface area contributed by atoms with Crippen LogP contribution in [0.25, 0.3) is 0 Å². The molecule has 132 valence electrons. The van der Waals surface area contributed by atoms with Gasteiger partial charge in [-0.15, -0.1) is 0 Å². The van der Waals surface area contributed by atoms with E-state index in [9.17, 15) is 9.59 Å². The quantitative estimate of drug-likeness (QED) is 0.629. The van der Waals surface area contributed by atoms with E-state index >= 15 is 0 Å². The Morgan fingerprint density at radius 1 is 1.19 bits per heavy atom. The van der Waals surface area contributed by atoms with Gasteiger partial charge >= 0.3 is 5.97 Å². The van der Waals surface area contributed by atoms with Crippen molar-refractivity contribution in [2.75, 3.05) is 13.7 Å². The molecule has 1 saturated heterocycles. The average Bonchev–Trinajstić information content (AvgIpc) is 3.10. The van der Waals surface area contributed by atoms with Crippen LogP contribution in [0, 0.1) is 0 Å². The van der Waals surface area contributed by atoms with Crippen LogP contribution in [-0.2, 0) is 0 Å². The van der Waals surface area contributed by atoms with Crippen LogP contribution in [0.5, 0.6) is 11.5 Å². The standard InChI is InChI=1S/C20H18N2O4/c1-25-17-10-15-16(21-12-14-8-5-9-22(14)19(15)23)11-18(17)26-20(24)13-6-3-2-4-7-13/h2-4,6-7,10-12,14H,5,8-9H2,1H3/t14-/m0/s1. The van der Waals surface area contributed by atoms with Crippen molar-refractivity contribution in [1.82, 2.24) is 4.90 Å². The van der Waals surface area contributed by atoms with Crippen LogP contribution < -0.4 is 9.47 Å². The van der Waals surface area contributed by atoms with E-state index in [0.29, 0.717) is 22.6 Å². The lowest BCUT2D eigenvalue weighted by molar-refractivity contribution is 0.0729. The van der Waals surface area contributed by atoms with Crippen molar-refractivity contribution in [2.45, 2.75) is 18.9 Å². The van der Waals surface area contributed by atoms with Crippen LogP contribution in [0.3, 0.4) is 0 Å². The SMILES string of the molecule is COc1cc2c(cc1OC(=O)c1ccccc1)N=C[C@@H]1CCCN1C2=O. The van der Waals surface area contributed by atoms with Gasteiger partial charge in [-0.2, -0.15) is 0 Å². The third-order valence-corrected chi connectivity index (χ3v) is 4.67. The number of aliphatic imine (C=N–C) groups is 1. The van der Waals surface area contributed by atoms with Crippen molar-refractivity contribution in [3.05, 3.63) is 53.6 Å². The van der Waals surface area contributed by atoms with Gasteiger partial charge in [0.2, 0.25) is 0 Å². The second-order valence-electron chi connectivity index (χ2n) is 6.26. The minimum absolute atomic E-state index is 0.0243. The van der Waals surface area contributed by atoms with Crippen molar-refractivity contribution in [2.24, 2.45) is 4.99 Å². The van der Waals surface area contributed by atoms with Gasteiger partial charge in [-0.05, 0) is 31.0 Å². The summed E-state index contributed by atoms with van der Waals surface area (Å²) in [5, 5.41) is 0. The van der Waals surface area contributed by atoms with Gasteiger partial charge in [-0.3, -0.25) is 9.79 Å². The molecule has 26 heavy (non-hydrogen) atoms. The number of amides is 1. The number of carbonyl (C=O) groups is 2. The first-order chi connectivity index (χ1) is 12.7. The summed E-state index contributed by atoms with van der Waals surface area (Å²) in [6.45, 7) is 0.724. The van der Waals surface area contributed by atoms with Gasteiger partial charge in [0.25, 0.3) is 5.91 Å². The lowest BCUT2D eigenvalue weighted by Gasteiger charge is -2.20. The monoisotopic (exact) mass is 350 g/mol. The summed E-state index contributed by atoms with van der Waals surface area (Å²) in [7, 11) is 1.48. The van der Waals surface area contributed by atoms with Gasteiger partial charge in [0.1, 0.15) is 0 Å². The molecule has 1 fully saturated rings. The highest BCUT2D eigenvalue weighted by Crippen LogP contribution is 2.38. The van der Waals surface area contributed by atoms with E-state index < -0.39 is 5.97 Å². The maximum atomic E-state index is 12.8. The third kappa shape index (κ3) is 2.83. The normalized spacial score (nSPS) is 18.1. The Hall–Kier alpha value is -3.15. The van der Waals surface area contributed by atoms with E-state index in [4.69, 9.17) is 9.47 Å². The highest BCUT2D eigenvalue weighted by molar-refractivity contribution is 6.03. The van der Waals surface area contributed by atoms with Gasteiger partial charge in [-0.25, -0.2) is 4.79 Å². The van der Waals surface area contributed by atoms with Crippen molar-refractivity contribution >= 4 is 23.8 Å². The molecular formula is C20H18N2O4. The van der Waals surface area contributed by atoms with E-state index in [1.54, 1.807) is 42.6 Å². The molecule has 2 aliphatic rings. The molecule has 2 aromatic rings. The number of nitrogens with zero attached hydrogens (tertiary/aromatic N) is 2. The fourth-order valence-electron chi connectivity index (χ4n) is 3.32. The molecule has 2 heterocycles. The molecule has 0 saturated carbocycles. The Morgan fingerprint density at radius 2 is 2.00 bits per heavy atom. The number of benzene rings is 2. The van der Waals surface area contributed by atoms with Gasteiger partial charge in [0.05, 0.1) is 30.0 Å². The number of hydrogen-bond acceptors (Lipinski definition) is 5. The fourth-order valence-corrected chi connectivity index (χ4v) is 3.32. The minimum atomic E-state index is -0.492. The Balaban J connectivity index is 1.70. The van der Waals surface area contributed by atoms with E-state index in [2.05, 4.69) is 4.99 Å². The lowest BCUT2D eigenvalue weighted by atomic mass is 10.1. The van der Waals surface area contributed by atoms with Gasteiger partial charge in [0.15, 0.2) is 11.5 Å². The van der Waals surface area contributed by atoms with Crippen molar-refractivity contribution in [3.63, 3.8) is 0 Å². The molecule has 0 N–H and O–H groups in total. The second-order valence-corrected chi connectivity index (χ2v) is 6.26. The molecule has 1 atom stereocenters. The van der Waals surface area contributed by atoms with Crippen molar-refractivity contribution in [1.29, 1.82) is 0 Å². The van der Waals surface area contributed by atoms with Gasteiger partial charge < -0.3 is 14.4 Å². The number of hydrogen-bond donors (Lipinski definition) is 0. The molecule has 2 aliphatic heterocycles. The Labute approximate surface area is 151 Å². The summed E-state index contributed by atoms with van der Waals surface area (Å²) in [4.78, 5) is 31.5. The van der Waals surface area contributed by atoms with Gasteiger partial charge in [0, 0.05) is 18.8 Å². The number of ether oxygens (including phenoxy) is 2. The number of rotatable bonds is 3. The summed E-state index contributed by atoms with van der Waals surface area (Å²) in [5.41, 5.74) is 1.38. The molecule has 6 heteroatoms. The zero-order valence-electron chi connectivity index (χ0n) is 14.3. The van der Waals surface area contributed by atoms with Crippen molar-refractivity contribution in [3.8, 4) is 11.5 Å². The fraction of sp³-hybridized carbons (Fsp3) is 0.250. The molecule has 0 radical (unpaired) electrons. The summed E-state index contributed by atoms with van der Waals surface area (Å²) in [6, 6.07) is 11.9. The first-order valence-corrected chi connectivity index (χ1v) is 8.52. The summed E-state index contributed by atoms with van der Waals surface area (Å²) in [6.07, 6.45) is 3.68. The summed E-state index contributed by atoms with van der Waals surface area (Å²) >= 11 is 0. The Morgan fingerprint density at radius 3 is 2.77 bits per heavy atom. The van der Waals surface area contributed by atoms with Crippen LogP contribution >= 0.6 is 0 Å². The summed E-state index contributed by atoms with van der Waals surface area (Å²) in [5.74, 6) is 0.00831. The molecule has 0 spiro atoms. The van der Waals surface area contributed by atoms with E-state index in [0.717, 1.165) is 19.4 Å². The first-order valence-electron chi connectivity index (χ1n) is 8.52. The molecule has 4 rings (SSSR count). The topological polar surface area (TPSA) is 68.2 Å². The van der Waals surface area contributed by atoms with Crippen LogP contribution in [-0.4, -0.2) is 42.7 Å². The van der Waals surface area contributed by atoms with Crippen LogP contribution in [0.4, 0.5) is 5.69 Å². The highest BCUT2D eigenvalue weighted by atomic mass is 16.6. The van der Waals surface area contributed by atoms with Gasteiger partial charge in [-0.1, -0.05) is 18.2 Å². The third-order valence-electron chi connectivity index (χ3n) is 4.67. The zero-order valence-corrected chi connectivity index (χ0v) is 14.3. The average molecular weight is 350 g/mol. The minimum Gasteiger partial charge on any atom is -0.493 e. The molecule has 6 nitrogen and oxygen atoms in total. The molecule has 0 aromatic heterocycles. The predicted molar refractivity (Wildman–Crippen MR) is 96.6 cm³/mol. The first kappa shape index (κ1) is 16.3. The molecule has 0 unspecified atom stereocenters. The maximum absolute atomic E-state index is 12.8. The Kier molecular flexibility index (Phi) is 4.16. The number of methoxy groups -OCH3 is 1. The number of fused-ring (bicyclic) bond motifs is 2. The highest BCUT2D eigenvalue weighted by Gasteiger charge is 2.32. The summed E-state index contributed by atoms with van der Waals surface area (Å²) < 4.78 is 10.8. The van der Waals surface area contributed by atoms with E-state index in [1.165, 1.54) is 7.11 Å². The smallest absolute Gasteiger partial charge is 0.343 e. The van der Waals surface area contributed by atoms with Crippen molar-refractivity contribution < 1.29 is 19.1 Å². The van der Waals surface area contributed by atoms with E-state index in [1.807, 2.05) is 11.0 Å². The lowest BCUT2D eigenvalue weighted by Crippen LogP contribution is -2.35. The predicted octanol–water partition coefficient (Wildman–Crippen LogP) is 3.23. The Bertz CT molecular complexity index is 892. The van der Waals surface area contributed by atoms with Crippen LogP contribution in [0.15, 0.2) is 47.5 Å². The number of carbonyl (C=O) groups excluding carboxylic acids is 2. The molecular weight excluding hydrogens is 332 g/mol. The molecule has 1 amide bonds. The largest absolute Gasteiger partial charge is 0.493 e. The molecule has 0 bridgehead atoms. The molecule has 2 aromatic carbocycles. The second kappa shape index (κ2) is 6.63. The number of esters is 1. The van der Waals surface area contributed by atoms with Crippen LogP contribution in [0.1, 0.15) is 33.6 Å². The van der Waals surface area contributed by atoms with E-state index in [-0.39, 0.29) is 17.7 Å².